The van der Waals surface area contributed by atoms with E-state index in [-0.39, 0.29) is 12.2 Å². The molecule has 1 rings (SSSR count). The van der Waals surface area contributed by atoms with Crippen LogP contribution in [0, 0.1) is 0 Å². The van der Waals surface area contributed by atoms with E-state index in [0.29, 0.717) is 0 Å². The first-order valence-corrected chi connectivity index (χ1v) is 9.83. The summed E-state index contributed by atoms with van der Waals surface area (Å²) in [6.07, 6.45) is 14.0. The van der Waals surface area contributed by atoms with Crippen LogP contribution in [0.3, 0.4) is 0 Å². The Morgan fingerprint density at radius 2 is 1.20 bits per heavy atom. The number of carbonyl (C=O) groups excluding carboxylic acids is 2. The number of aliphatic carboxylic acids is 1. The highest BCUT2D eigenvalue weighted by Gasteiger charge is 1.93. The summed E-state index contributed by atoms with van der Waals surface area (Å²) in [5, 5.41) is 10.1. The van der Waals surface area contributed by atoms with Gasteiger partial charge in [-0.25, -0.2) is 0 Å². The van der Waals surface area contributed by atoms with Crippen LogP contribution < -0.4 is 5.11 Å². The second-order valence-electron chi connectivity index (χ2n) is 6.58. The topological polar surface area (TPSA) is 57.2 Å². The van der Waals surface area contributed by atoms with Crippen LogP contribution in [0.25, 0.3) is 0 Å². The summed E-state index contributed by atoms with van der Waals surface area (Å²) in [6, 6.07) is 9.23. The molecule has 142 valence electrons. The van der Waals surface area contributed by atoms with Crippen molar-refractivity contribution in [1.29, 1.82) is 0 Å². The molecule has 0 saturated heterocycles. The van der Waals surface area contributed by atoms with E-state index in [1.54, 1.807) is 6.92 Å². The van der Waals surface area contributed by atoms with Crippen LogP contribution in [0.1, 0.15) is 101 Å². The lowest BCUT2D eigenvalue weighted by Gasteiger charge is -2.03. The lowest BCUT2D eigenvalue weighted by molar-refractivity contribution is -0.305. The molecule has 1 aromatic carbocycles. The zero-order valence-electron chi connectivity index (χ0n) is 16.1. The van der Waals surface area contributed by atoms with Gasteiger partial charge in [-0.2, -0.15) is 0 Å². The highest BCUT2D eigenvalue weighted by Crippen LogP contribution is 2.11. The molecule has 0 saturated carbocycles. The van der Waals surface area contributed by atoms with Crippen molar-refractivity contribution in [2.75, 3.05) is 0 Å². The van der Waals surface area contributed by atoms with Gasteiger partial charge in [-0.3, -0.25) is 4.79 Å². The van der Waals surface area contributed by atoms with Crippen molar-refractivity contribution in [3.63, 3.8) is 0 Å². The Kier molecular flexibility index (Phi) is 16.1. The molecule has 0 radical (unpaired) electrons. The van der Waals surface area contributed by atoms with E-state index in [9.17, 15) is 14.7 Å². The third kappa shape index (κ3) is 17.0. The second kappa shape index (κ2) is 17.2. The molecule has 3 nitrogen and oxygen atoms in total. The van der Waals surface area contributed by atoms with E-state index in [1.807, 2.05) is 30.3 Å². The Labute approximate surface area is 153 Å². The van der Waals surface area contributed by atoms with Gasteiger partial charge in [-0.1, -0.05) is 101 Å². The summed E-state index contributed by atoms with van der Waals surface area (Å²) in [5.74, 6) is -0.786. The van der Waals surface area contributed by atoms with Crippen LogP contribution in [-0.2, 0) is 4.79 Å². The minimum atomic E-state index is -0.907. The van der Waals surface area contributed by atoms with Gasteiger partial charge >= 0.3 is 0 Å². The van der Waals surface area contributed by atoms with Crippen LogP contribution in [0.4, 0.5) is 0 Å². The summed E-state index contributed by atoms with van der Waals surface area (Å²) in [4.78, 5) is 20.8. The Morgan fingerprint density at radius 1 is 0.760 bits per heavy atom. The van der Waals surface area contributed by atoms with Crippen LogP contribution >= 0.6 is 0 Å². The predicted octanol–water partition coefficient (Wildman–Crippen LogP) is 5.33. The molecular formula is C22H35O3-. The van der Waals surface area contributed by atoms with Crippen LogP contribution in [0.15, 0.2) is 30.3 Å². The third-order valence-electron chi connectivity index (χ3n) is 4.16. The summed E-state index contributed by atoms with van der Waals surface area (Å²) >= 11 is 0. The fourth-order valence-corrected chi connectivity index (χ4v) is 2.61. The number of hydrogen-bond donors (Lipinski definition) is 0. The molecule has 0 aliphatic carbocycles. The van der Waals surface area contributed by atoms with E-state index in [2.05, 4.69) is 6.92 Å². The van der Waals surface area contributed by atoms with Crippen LogP contribution in [0.5, 0.6) is 0 Å². The Morgan fingerprint density at radius 3 is 1.56 bits per heavy atom. The molecule has 0 heterocycles. The number of hydrogen-bond acceptors (Lipinski definition) is 3. The van der Waals surface area contributed by atoms with Crippen LogP contribution in [0.2, 0.25) is 0 Å². The number of ketones is 1. The van der Waals surface area contributed by atoms with E-state index < -0.39 is 5.97 Å². The van der Waals surface area contributed by atoms with Gasteiger partial charge in [0, 0.05) is 11.5 Å². The first kappa shape index (κ1) is 23.4. The molecule has 0 bridgehead atoms. The first-order valence-electron chi connectivity index (χ1n) is 9.83. The van der Waals surface area contributed by atoms with Crippen molar-refractivity contribution in [2.24, 2.45) is 0 Å². The first-order chi connectivity index (χ1) is 12.1. The minimum absolute atomic E-state index is 0.121. The summed E-state index contributed by atoms with van der Waals surface area (Å²) in [5.41, 5.74) is 0.775. The van der Waals surface area contributed by atoms with Crippen molar-refractivity contribution in [2.45, 2.75) is 90.9 Å². The Bertz CT molecular complexity index is 440. The summed E-state index contributed by atoms with van der Waals surface area (Å²) in [6.45, 7) is 3.81. The highest BCUT2D eigenvalue weighted by molar-refractivity contribution is 5.93. The molecule has 0 N–H and O–H groups in total. The van der Waals surface area contributed by atoms with E-state index in [0.717, 1.165) is 18.4 Å². The average molecular weight is 348 g/mol. The lowest BCUT2D eigenvalue weighted by Crippen LogP contribution is -2.21. The number of Topliss-reactive ketones (excluding diaryl/α,β-unsaturated/α-hetero) is 1. The minimum Gasteiger partial charge on any atom is -0.550 e. The molecular weight excluding hydrogens is 312 g/mol. The fraction of sp³-hybridized carbons (Fsp3) is 0.636. The molecule has 0 fully saturated rings. The second-order valence-corrected chi connectivity index (χ2v) is 6.58. The number of carboxylic acid groups (broad SMARTS) is 1. The van der Waals surface area contributed by atoms with Gasteiger partial charge < -0.3 is 9.90 Å². The van der Waals surface area contributed by atoms with Crippen molar-refractivity contribution in [3.8, 4) is 0 Å². The van der Waals surface area contributed by atoms with Gasteiger partial charge in [0.25, 0.3) is 0 Å². The highest BCUT2D eigenvalue weighted by atomic mass is 16.4. The maximum absolute atomic E-state index is 10.6. The maximum atomic E-state index is 10.6. The zero-order valence-corrected chi connectivity index (χ0v) is 16.1. The van der Waals surface area contributed by atoms with E-state index >= 15 is 0 Å². The number of carboxylic acids is 1. The van der Waals surface area contributed by atoms with E-state index in [4.69, 9.17) is 0 Å². The van der Waals surface area contributed by atoms with Gasteiger partial charge in [0.05, 0.1) is 0 Å². The Hall–Kier alpha value is -1.64. The molecule has 0 aliphatic heterocycles. The smallest absolute Gasteiger partial charge is 0.159 e. The molecule has 25 heavy (non-hydrogen) atoms. The number of carbonyl (C=O) groups is 2. The lowest BCUT2D eigenvalue weighted by atomic mass is 10.1. The SMILES string of the molecule is CC(=O)c1ccccc1.CCCCCCCCCCCCCC(=O)[O-]. The number of rotatable bonds is 13. The largest absolute Gasteiger partial charge is 0.550 e. The van der Waals surface area contributed by atoms with Gasteiger partial charge in [0.15, 0.2) is 5.78 Å². The van der Waals surface area contributed by atoms with Gasteiger partial charge in [0.1, 0.15) is 0 Å². The summed E-state index contributed by atoms with van der Waals surface area (Å²) < 4.78 is 0. The van der Waals surface area contributed by atoms with Crippen molar-refractivity contribution in [3.05, 3.63) is 35.9 Å². The fourth-order valence-electron chi connectivity index (χ4n) is 2.61. The predicted molar refractivity (Wildman–Crippen MR) is 103 cm³/mol. The Balaban J connectivity index is 0.000000535. The molecule has 0 spiro atoms. The normalized spacial score (nSPS) is 10.0. The van der Waals surface area contributed by atoms with E-state index in [1.165, 1.54) is 57.8 Å². The van der Waals surface area contributed by atoms with Gasteiger partial charge in [-0.15, -0.1) is 0 Å². The zero-order chi connectivity index (χ0) is 18.8. The van der Waals surface area contributed by atoms with Crippen molar-refractivity contribution in [1.82, 2.24) is 0 Å². The number of unbranched alkanes of at least 4 members (excludes halogenated alkanes) is 10. The quantitative estimate of drug-likeness (QED) is 0.358. The average Bonchev–Trinajstić information content (AvgIpc) is 2.61. The van der Waals surface area contributed by atoms with Gasteiger partial charge in [-0.05, 0) is 19.8 Å². The monoisotopic (exact) mass is 347 g/mol. The molecule has 0 unspecified atom stereocenters. The molecule has 0 amide bonds. The molecule has 0 atom stereocenters. The van der Waals surface area contributed by atoms with Crippen molar-refractivity contribution >= 4 is 11.8 Å². The molecule has 0 aliphatic rings. The summed E-state index contributed by atoms with van der Waals surface area (Å²) in [7, 11) is 0. The standard InChI is InChI=1S/C14H28O2.C8H8O/c1-2-3-4-5-6-7-8-9-10-11-12-13-14(15)16;1-7(9)8-5-3-2-4-6-8/h2-13H2,1H3,(H,15,16);2-6H,1H3/p-1. The van der Waals surface area contributed by atoms with Crippen molar-refractivity contribution < 1.29 is 14.7 Å². The maximum Gasteiger partial charge on any atom is 0.159 e. The molecule has 0 aromatic heterocycles. The molecule has 1 aromatic rings. The number of benzene rings is 1. The van der Waals surface area contributed by atoms with Gasteiger partial charge in [0.2, 0.25) is 0 Å². The third-order valence-corrected chi connectivity index (χ3v) is 4.16. The van der Waals surface area contributed by atoms with Crippen LogP contribution in [-0.4, -0.2) is 11.8 Å². The molecule has 3 heteroatoms.